The Morgan fingerprint density at radius 3 is 2.58 bits per heavy atom. The number of allylic oxidation sites excluding steroid dienone is 2. The standard InChI is InChI=1S/C10H12O2/c1-2-3-4-8-5-6-9(11)10(12)7-8/h2-3,5-7,11-12H,4H2,1H3. The van der Waals surface area contributed by atoms with E-state index in [1.165, 1.54) is 6.07 Å². The van der Waals surface area contributed by atoms with Crippen molar-refractivity contribution in [2.75, 3.05) is 0 Å². The van der Waals surface area contributed by atoms with Crippen molar-refractivity contribution in [1.29, 1.82) is 0 Å². The zero-order valence-electron chi connectivity index (χ0n) is 6.99. The van der Waals surface area contributed by atoms with Crippen LogP contribution in [-0.2, 0) is 6.42 Å². The van der Waals surface area contributed by atoms with Crippen LogP contribution in [0.1, 0.15) is 12.5 Å². The van der Waals surface area contributed by atoms with E-state index >= 15 is 0 Å². The molecular formula is C10H12O2. The van der Waals surface area contributed by atoms with Crippen molar-refractivity contribution in [3.05, 3.63) is 35.9 Å². The summed E-state index contributed by atoms with van der Waals surface area (Å²) in [6.07, 6.45) is 4.72. The Balaban J connectivity index is 2.82. The first-order chi connectivity index (χ1) is 5.74. The van der Waals surface area contributed by atoms with Gasteiger partial charge in [0.15, 0.2) is 11.5 Å². The monoisotopic (exact) mass is 164 g/mol. The Bertz CT molecular complexity index is 290. The molecule has 0 bridgehead atoms. The van der Waals surface area contributed by atoms with E-state index in [-0.39, 0.29) is 11.5 Å². The summed E-state index contributed by atoms with van der Waals surface area (Å²) in [5, 5.41) is 18.1. The van der Waals surface area contributed by atoms with Crippen LogP contribution in [0.25, 0.3) is 0 Å². The van der Waals surface area contributed by atoms with Gasteiger partial charge in [0.1, 0.15) is 0 Å². The third-order valence-electron chi connectivity index (χ3n) is 1.63. The van der Waals surface area contributed by atoms with Crippen LogP contribution >= 0.6 is 0 Å². The van der Waals surface area contributed by atoms with Gasteiger partial charge in [-0.2, -0.15) is 0 Å². The second-order valence-corrected chi connectivity index (χ2v) is 2.60. The lowest BCUT2D eigenvalue weighted by Gasteiger charge is -1.99. The van der Waals surface area contributed by atoms with Crippen molar-refractivity contribution >= 4 is 0 Å². The molecule has 0 aromatic heterocycles. The number of benzene rings is 1. The van der Waals surface area contributed by atoms with Gasteiger partial charge in [0.2, 0.25) is 0 Å². The lowest BCUT2D eigenvalue weighted by molar-refractivity contribution is 0.403. The highest BCUT2D eigenvalue weighted by molar-refractivity contribution is 5.40. The van der Waals surface area contributed by atoms with Gasteiger partial charge in [-0.25, -0.2) is 0 Å². The normalized spacial score (nSPS) is 10.8. The van der Waals surface area contributed by atoms with Crippen LogP contribution in [0, 0.1) is 0 Å². The van der Waals surface area contributed by atoms with Crippen molar-refractivity contribution in [2.24, 2.45) is 0 Å². The molecule has 1 aromatic rings. The lowest BCUT2D eigenvalue weighted by atomic mass is 10.1. The largest absolute Gasteiger partial charge is 0.504 e. The minimum atomic E-state index is -0.0702. The second-order valence-electron chi connectivity index (χ2n) is 2.60. The maximum atomic E-state index is 9.13. The highest BCUT2D eigenvalue weighted by Crippen LogP contribution is 2.24. The Labute approximate surface area is 71.8 Å². The Hall–Kier alpha value is -1.44. The second kappa shape index (κ2) is 3.81. The van der Waals surface area contributed by atoms with Gasteiger partial charge in [0.05, 0.1) is 0 Å². The molecule has 0 fully saturated rings. The summed E-state index contributed by atoms with van der Waals surface area (Å²) in [7, 11) is 0. The quantitative estimate of drug-likeness (QED) is 0.519. The Morgan fingerprint density at radius 1 is 1.25 bits per heavy atom. The van der Waals surface area contributed by atoms with Gasteiger partial charge in [-0.05, 0) is 31.0 Å². The number of hydrogen-bond acceptors (Lipinski definition) is 2. The third-order valence-corrected chi connectivity index (χ3v) is 1.63. The molecule has 0 aliphatic rings. The van der Waals surface area contributed by atoms with Gasteiger partial charge >= 0.3 is 0 Å². The fraction of sp³-hybridized carbons (Fsp3) is 0.200. The molecule has 12 heavy (non-hydrogen) atoms. The maximum Gasteiger partial charge on any atom is 0.157 e. The van der Waals surface area contributed by atoms with Crippen molar-refractivity contribution in [3.8, 4) is 11.5 Å². The van der Waals surface area contributed by atoms with Gasteiger partial charge in [-0.3, -0.25) is 0 Å². The molecule has 2 nitrogen and oxygen atoms in total. The van der Waals surface area contributed by atoms with E-state index < -0.39 is 0 Å². The predicted molar refractivity (Wildman–Crippen MR) is 48.3 cm³/mol. The molecule has 0 spiro atoms. The molecule has 0 radical (unpaired) electrons. The van der Waals surface area contributed by atoms with Gasteiger partial charge in [0, 0.05) is 0 Å². The number of phenols is 2. The lowest BCUT2D eigenvalue weighted by Crippen LogP contribution is -1.79. The van der Waals surface area contributed by atoms with E-state index in [0.717, 1.165) is 12.0 Å². The van der Waals surface area contributed by atoms with Crippen LogP contribution in [0.2, 0.25) is 0 Å². The number of hydrogen-bond donors (Lipinski definition) is 2. The van der Waals surface area contributed by atoms with E-state index in [9.17, 15) is 0 Å². The number of phenolic OH excluding ortho intramolecular Hbond substituents is 2. The molecule has 0 atom stereocenters. The zero-order chi connectivity index (χ0) is 8.97. The van der Waals surface area contributed by atoms with E-state index in [0.29, 0.717) is 0 Å². The molecule has 0 saturated carbocycles. The fourth-order valence-electron chi connectivity index (χ4n) is 0.950. The van der Waals surface area contributed by atoms with Crippen molar-refractivity contribution < 1.29 is 10.2 Å². The first kappa shape index (κ1) is 8.65. The van der Waals surface area contributed by atoms with Crippen molar-refractivity contribution in [2.45, 2.75) is 13.3 Å². The molecule has 0 aliphatic heterocycles. The summed E-state index contributed by atoms with van der Waals surface area (Å²) in [5.74, 6) is -0.128. The molecule has 2 heteroatoms. The van der Waals surface area contributed by atoms with E-state index in [1.54, 1.807) is 12.1 Å². The topological polar surface area (TPSA) is 40.5 Å². The summed E-state index contributed by atoms with van der Waals surface area (Å²) in [4.78, 5) is 0. The highest BCUT2D eigenvalue weighted by atomic mass is 16.3. The van der Waals surface area contributed by atoms with Crippen LogP contribution in [0.15, 0.2) is 30.4 Å². The van der Waals surface area contributed by atoms with Crippen molar-refractivity contribution in [1.82, 2.24) is 0 Å². The van der Waals surface area contributed by atoms with Crippen LogP contribution in [-0.4, -0.2) is 10.2 Å². The number of aromatic hydroxyl groups is 2. The summed E-state index contributed by atoms with van der Waals surface area (Å²) in [5.41, 5.74) is 0.989. The summed E-state index contributed by atoms with van der Waals surface area (Å²) < 4.78 is 0. The molecule has 1 rings (SSSR count). The first-order valence-electron chi connectivity index (χ1n) is 3.86. The molecule has 2 N–H and O–H groups in total. The van der Waals surface area contributed by atoms with Gasteiger partial charge in [-0.15, -0.1) is 0 Å². The van der Waals surface area contributed by atoms with E-state index in [4.69, 9.17) is 10.2 Å². The molecule has 1 aromatic carbocycles. The minimum absolute atomic E-state index is 0.0583. The Morgan fingerprint density at radius 2 is 2.00 bits per heavy atom. The molecular weight excluding hydrogens is 152 g/mol. The molecule has 0 unspecified atom stereocenters. The average Bonchev–Trinajstić information content (AvgIpc) is 2.07. The van der Waals surface area contributed by atoms with Crippen LogP contribution in [0.4, 0.5) is 0 Å². The summed E-state index contributed by atoms with van der Waals surface area (Å²) in [6.45, 7) is 1.94. The maximum absolute atomic E-state index is 9.13. The molecule has 64 valence electrons. The zero-order valence-corrected chi connectivity index (χ0v) is 6.99. The SMILES string of the molecule is CC=CCc1ccc(O)c(O)c1. The minimum Gasteiger partial charge on any atom is -0.504 e. The van der Waals surface area contributed by atoms with Crippen molar-refractivity contribution in [3.63, 3.8) is 0 Å². The first-order valence-corrected chi connectivity index (χ1v) is 3.86. The summed E-state index contributed by atoms with van der Waals surface area (Å²) in [6, 6.07) is 4.85. The summed E-state index contributed by atoms with van der Waals surface area (Å²) >= 11 is 0. The van der Waals surface area contributed by atoms with Crippen LogP contribution < -0.4 is 0 Å². The van der Waals surface area contributed by atoms with Crippen LogP contribution in [0.5, 0.6) is 11.5 Å². The molecule has 0 amide bonds. The third kappa shape index (κ3) is 2.02. The number of rotatable bonds is 2. The van der Waals surface area contributed by atoms with Gasteiger partial charge in [0.25, 0.3) is 0 Å². The fourth-order valence-corrected chi connectivity index (χ4v) is 0.950. The molecule has 0 aliphatic carbocycles. The van der Waals surface area contributed by atoms with E-state index in [2.05, 4.69) is 0 Å². The molecule has 0 saturated heterocycles. The van der Waals surface area contributed by atoms with Gasteiger partial charge in [-0.1, -0.05) is 18.2 Å². The smallest absolute Gasteiger partial charge is 0.157 e. The Kier molecular flexibility index (Phi) is 2.75. The highest BCUT2D eigenvalue weighted by Gasteiger charge is 1.98. The van der Waals surface area contributed by atoms with Gasteiger partial charge < -0.3 is 10.2 Å². The van der Waals surface area contributed by atoms with E-state index in [1.807, 2.05) is 19.1 Å². The predicted octanol–water partition coefficient (Wildman–Crippen LogP) is 2.22. The molecule has 0 heterocycles. The average molecular weight is 164 g/mol. The van der Waals surface area contributed by atoms with Crippen LogP contribution in [0.3, 0.4) is 0 Å².